The van der Waals surface area contributed by atoms with Crippen LogP contribution in [0.1, 0.15) is 54.5 Å². The minimum atomic E-state index is -0.501. The van der Waals surface area contributed by atoms with Gasteiger partial charge in [-0.15, -0.1) is 0 Å². The van der Waals surface area contributed by atoms with Gasteiger partial charge in [-0.05, 0) is 59.7 Å². The lowest BCUT2D eigenvalue weighted by atomic mass is 9.98. The van der Waals surface area contributed by atoms with Crippen LogP contribution >= 0.6 is 0 Å². The van der Waals surface area contributed by atoms with Crippen molar-refractivity contribution in [3.63, 3.8) is 0 Å². The fourth-order valence-electron chi connectivity index (χ4n) is 6.03. The van der Waals surface area contributed by atoms with E-state index in [4.69, 9.17) is 9.47 Å². The van der Waals surface area contributed by atoms with E-state index < -0.39 is 5.60 Å². The third-order valence-electron chi connectivity index (χ3n) is 8.02. The first-order valence-electron chi connectivity index (χ1n) is 14.2. The first-order chi connectivity index (χ1) is 19.2. The Hall–Kier alpha value is -3.84. The molecule has 0 radical (unpaired) electrons. The third kappa shape index (κ3) is 5.43. The zero-order valence-electron chi connectivity index (χ0n) is 23.6. The lowest BCUT2D eigenvalue weighted by Crippen LogP contribution is -2.48. The number of carbonyl (C=O) groups excluding carboxylic acids is 2. The van der Waals surface area contributed by atoms with Crippen LogP contribution in [-0.2, 0) is 29.1 Å². The fraction of sp³-hybridized carbons (Fsp3) is 0.394. The van der Waals surface area contributed by atoms with Crippen molar-refractivity contribution in [1.29, 1.82) is 0 Å². The maximum atomic E-state index is 13.0. The van der Waals surface area contributed by atoms with E-state index in [1.54, 1.807) is 4.90 Å². The van der Waals surface area contributed by atoms with Crippen LogP contribution in [-0.4, -0.2) is 65.3 Å². The second kappa shape index (κ2) is 10.6. The smallest absolute Gasteiger partial charge is 0.410 e. The van der Waals surface area contributed by atoms with Crippen molar-refractivity contribution in [1.82, 2.24) is 14.7 Å². The Balaban J connectivity index is 0.999. The molecule has 1 fully saturated rings. The number of hydrogen-bond donors (Lipinski definition) is 0. The van der Waals surface area contributed by atoms with E-state index >= 15 is 0 Å². The van der Waals surface area contributed by atoms with Gasteiger partial charge in [-0.25, -0.2) is 9.59 Å². The van der Waals surface area contributed by atoms with Crippen LogP contribution < -0.4 is 0 Å². The molecule has 1 aliphatic carbocycles. The maximum absolute atomic E-state index is 13.0. The van der Waals surface area contributed by atoms with E-state index in [0.29, 0.717) is 32.8 Å². The van der Waals surface area contributed by atoms with Crippen molar-refractivity contribution >= 4 is 12.2 Å². The lowest BCUT2D eigenvalue weighted by Gasteiger charge is -2.34. The summed E-state index contributed by atoms with van der Waals surface area (Å²) in [5, 5.41) is 0. The van der Waals surface area contributed by atoms with Crippen molar-refractivity contribution < 1.29 is 19.1 Å². The molecule has 0 bridgehead atoms. The number of benzene rings is 3. The standard InChI is InChI=1S/C33H37N3O4/c1-33(2,3)40-32(38)36-20-24-13-12-23(18-25(24)21-36)19-34-14-16-35(17-15-34)31(37)39-22-30-28-10-6-4-8-26(28)27-9-5-7-11-29(27)30/h4-13,18,30H,14-17,19-22H2,1-3H3. The minimum absolute atomic E-state index is 0.0729. The number of piperazine rings is 1. The molecule has 0 N–H and O–H groups in total. The van der Waals surface area contributed by atoms with E-state index in [0.717, 1.165) is 19.6 Å². The highest BCUT2D eigenvalue weighted by molar-refractivity contribution is 5.79. The lowest BCUT2D eigenvalue weighted by molar-refractivity contribution is 0.0241. The zero-order chi connectivity index (χ0) is 27.9. The summed E-state index contributed by atoms with van der Waals surface area (Å²) in [5.74, 6) is 0.0729. The summed E-state index contributed by atoms with van der Waals surface area (Å²) in [6.45, 7) is 10.9. The van der Waals surface area contributed by atoms with Gasteiger partial charge in [-0.1, -0.05) is 66.7 Å². The predicted octanol–water partition coefficient (Wildman–Crippen LogP) is 6.00. The van der Waals surface area contributed by atoms with Gasteiger partial charge in [0, 0.05) is 51.7 Å². The van der Waals surface area contributed by atoms with Crippen molar-refractivity contribution in [2.45, 2.75) is 51.9 Å². The molecule has 2 heterocycles. The topological polar surface area (TPSA) is 62.3 Å². The van der Waals surface area contributed by atoms with Crippen LogP contribution in [0.3, 0.4) is 0 Å². The van der Waals surface area contributed by atoms with E-state index in [-0.39, 0.29) is 18.1 Å². The Morgan fingerprint density at radius 2 is 1.40 bits per heavy atom. The molecule has 40 heavy (non-hydrogen) atoms. The molecule has 0 aromatic heterocycles. The van der Waals surface area contributed by atoms with Gasteiger partial charge >= 0.3 is 12.2 Å². The van der Waals surface area contributed by atoms with Crippen molar-refractivity contribution in [2.24, 2.45) is 0 Å². The molecule has 0 spiro atoms. The molecule has 2 amide bonds. The van der Waals surface area contributed by atoms with Gasteiger partial charge in [0.15, 0.2) is 0 Å². The highest BCUT2D eigenvalue weighted by atomic mass is 16.6. The molecular formula is C33H37N3O4. The van der Waals surface area contributed by atoms with Gasteiger partial charge < -0.3 is 14.4 Å². The molecule has 0 atom stereocenters. The summed E-state index contributed by atoms with van der Waals surface area (Å²) >= 11 is 0. The molecule has 3 aromatic rings. The predicted molar refractivity (Wildman–Crippen MR) is 154 cm³/mol. The Bertz CT molecular complexity index is 1380. The number of amides is 2. The second-order valence-corrected chi connectivity index (χ2v) is 12.0. The minimum Gasteiger partial charge on any atom is -0.448 e. The molecule has 3 aromatic carbocycles. The molecule has 0 saturated carbocycles. The zero-order valence-corrected chi connectivity index (χ0v) is 23.6. The highest BCUT2D eigenvalue weighted by Gasteiger charge is 2.31. The van der Waals surface area contributed by atoms with Crippen molar-refractivity contribution in [3.8, 4) is 11.1 Å². The Morgan fingerprint density at radius 3 is 2.05 bits per heavy atom. The maximum Gasteiger partial charge on any atom is 0.410 e. The van der Waals surface area contributed by atoms with Gasteiger partial charge in [0.05, 0.1) is 0 Å². The van der Waals surface area contributed by atoms with E-state index in [1.807, 2.05) is 25.7 Å². The van der Waals surface area contributed by atoms with Crippen molar-refractivity contribution in [3.05, 3.63) is 94.5 Å². The van der Waals surface area contributed by atoms with Crippen LogP contribution in [0.15, 0.2) is 66.7 Å². The number of carbonyl (C=O) groups is 2. The summed E-state index contributed by atoms with van der Waals surface area (Å²) in [4.78, 5) is 31.4. The molecule has 7 heteroatoms. The average molecular weight is 540 g/mol. The highest BCUT2D eigenvalue weighted by Crippen LogP contribution is 2.44. The Kier molecular flexibility index (Phi) is 7.00. The number of rotatable bonds is 4. The summed E-state index contributed by atoms with van der Waals surface area (Å²) in [6.07, 6.45) is -0.504. The van der Waals surface area contributed by atoms with Gasteiger partial charge in [0.25, 0.3) is 0 Å². The number of hydrogen-bond acceptors (Lipinski definition) is 5. The largest absolute Gasteiger partial charge is 0.448 e. The Labute approximate surface area is 236 Å². The quantitative estimate of drug-likeness (QED) is 0.407. The van der Waals surface area contributed by atoms with E-state index in [2.05, 4.69) is 71.6 Å². The summed E-state index contributed by atoms with van der Waals surface area (Å²) in [6, 6.07) is 23.3. The molecule has 208 valence electrons. The summed E-state index contributed by atoms with van der Waals surface area (Å²) < 4.78 is 11.4. The van der Waals surface area contributed by atoms with Crippen LogP contribution in [0.25, 0.3) is 11.1 Å². The van der Waals surface area contributed by atoms with Gasteiger partial charge in [-0.3, -0.25) is 9.80 Å². The SMILES string of the molecule is CC(C)(C)OC(=O)N1Cc2ccc(CN3CCN(C(=O)OCC4c5ccccc5-c5ccccc54)CC3)cc2C1. The molecule has 0 unspecified atom stereocenters. The first-order valence-corrected chi connectivity index (χ1v) is 14.2. The summed E-state index contributed by atoms with van der Waals surface area (Å²) in [7, 11) is 0. The Morgan fingerprint density at radius 1 is 0.775 bits per heavy atom. The molecule has 6 rings (SSSR count). The molecule has 1 saturated heterocycles. The van der Waals surface area contributed by atoms with Crippen LogP contribution in [0, 0.1) is 0 Å². The molecular weight excluding hydrogens is 502 g/mol. The second-order valence-electron chi connectivity index (χ2n) is 12.0. The van der Waals surface area contributed by atoms with Crippen LogP contribution in [0.4, 0.5) is 9.59 Å². The normalized spacial score (nSPS) is 16.9. The number of ether oxygens (including phenoxy) is 2. The van der Waals surface area contributed by atoms with Crippen LogP contribution in [0.2, 0.25) is 0 Å². The van der Waals surface area contributed by atoms with E-state index in [9.17, 15) is 9.59 Å². The third-order valence-corrected chi connectivity index (χ3v) is 8.02. The van der Waals surface area contributed by atoms with Gasteiger partial charge in [0.1, 0.15) is 12.2 Å². The monoisotopic (exact) mass is 539 g/mol. The van der Waals surface area contributed by atoms with Crippen LogP contribution in [0.5, 0.6) is 0 Å². The average Bonchev–Trinajstić information content (AvgIpc) is 3.50. The number of fused-ring (bicyclic) bond motifs is 4. The molecule has 7 nitrogen and oxygen atoms in total. The number of nitrogens with zero attached hydrogens (tertiary/aromatic N) is 3. The first kappa shape index (κ1) is 26.4. The fourth-order valence-corrected chi connectivity index (χ4v) is 6.03. The summed E-state index contributed by atoms with van der Waals surface area (Å²) in [5.41, 5.74) is 8.00. The molecule has 3 aliphatic rings. The van der Waals surface area contributed by atoms with E-state index in [1.165, 1.54) is 38.9 Å². The van der Waals surface area contributed by atoms with Crippen molar-refractivity contribution in [2.75, 3.05) is 32.8 Å². The van der Waals surface area contributed by atoms with Gasteiger partial charge in [0.2, 0.25) is 0 Å². The molecule has 2 aliphatic heterocycles. The van der Waals surface area contributed by atoms with Gasteiger partial charge in [-0.2, -0.15) is 0 Å².